The number of aromatic nitrogens is 3. The molecule has 3 nitrogen and oxygen atoms in total. The zero-order valence-electron chi connectivity index (χ0n) is 9.58. The van der Waals surface area contributed by atoms with Crippen molar-refractivity contribution >= 4 is 0 Å². The highest BCUT2D eigenvalue weighted by molar-refractivity contribution is 5.11. The first-order chi connectivity index (χ1) is 7.17. The molecule has 82 valence electrons. The van der Waals surface area contributed by atoms with Crippen molar-refractivity contribution in [2.75, 3.05) is 0 Å². The maximum absolute atomic E-state index is 4.68. The van der Waals surface area contributed by atoms with Gasteiger partial charge in [0.05, 0.1) is 0 Å². The minimum atomic E-state index is 0.403. The molecule has 1 heterocycles. The van der Waals surface area contributed by atoms with Crippen LogP contribution in [0.1, 0.15) is 69.4 Å². The molecule has 3 rings (SSSR count). The molecule has 1 aromatic rings. The Kier molecular flexibility index (Phi) is 1.91. The lowest BCUT2D eigenvalue weighted by molar-refractivity contribution is 0.322. The number of rotatable bonds is 2. The molecule has 0 amide bonds. The van der Waals surface area contributed by atoms with Crippen LogP contribution in [0.2, 0.25) is 0 Å². The van der Waals surface area contributed by atoms with E-state index in [0.29, 0.717) is 17.3 Å². The van der Waals surface area contributed by atoms with Crippen molar-refractivity contribution in [3.63, 3.8) is 0 Å². The molecule has 0 aliphatic heterocycles. The number of hydrogen-bond donors (Lipinski definition) is 1. The molecule has 0 spiro atoms. The molecule has 1 atom stereocenters. The Morgan fingerprint density at radius 3 is 2.67 bits per heavy atom. The summed E-state index contributed by atoms with van der Waals surface area (Å²) in [7, 11) is 0. The van der Waals surface area contributed by atoms with Gasteiger partial charge in [-0.3, -0.25) is 5.10 Å². The van der Waals surface area contributed by atoms with Crippen molar-refractivity contribution < 1.29 is 0 Å². The molecule has 1 unspecified atom stereocenters. The highest BCUT2D eigenvalue weighted by Gasteiger charge is 2.38. The van der Waals surface area contributed by atoms with Crippen LogP contribution in [-0.2, 0) is 0 Å². The van der Waals surface area contributed by atoms with Crippen LogP contribution in [0.15, 0.2) is 0 Å². The van der Waals surface area contributed by atoms with Gasteiger partial charge in [0.25, 0.3) is 0 Å². The summed E-state index contributed by atoms with van der Waals surface area (Å²) in [6.45, 7) is 4.70. The van der Waals surface area contributed by atoms with E-state index in [0.717, 1.165) is 11.6 Å². The molecule has 2 saturated carbocycles. The normalized spacial score (nSPS) is 29.6. The lowest BCUT2D eigenvalue weighted by Crippen LogP contribution is -2.16. The Bertz CT molecular complexity index is 363. The zero-order valence-corrected chi connectivity index (χ0v) is 9.58. The molecule has 2 fully saturated rings. The molecule has 2 aliphatic carbocycles. The SMILES string of the molecule is CC1(C)CCCC1c1nc(C2CC2)n[nH]1. The molecule has 3 heteroatoms. The van der Waals surface area contributed by atoms with Crippen molar-refractivity contribution in [3.05, 3.63) is 11.6 Å². The molecule has 0 saturated heterocycles. The molecule has 1 aromatic heterocycles. The van der Waals surface area contributed by atoms with Crippen molar-refractivity contribution in [2.24, 2.45) is 5.41 Å². The van der Waals surface area contributed by atoms with E-state index in [2.05, 4.69) is 29.0 Å². The lowest BCUT2D eigenvalue weighted by Gasteiger charge is -2.24. The maximum Gasteiger partial charge on any atom is 0.153 e. The Balaban J connectivity index is 1.85. The third-order valence-electron chi connectivity index (χ3n) is 4.05. The van der Waals surface area contributed by atoms with Crippen molar-refractivity contribution in [1.82, 2.24) is 15.2 Å². The summed E-state index contributed by atoms with van der Waals surface area (Å²) in [5, 5.41) is 7.52. The van der Waals surface area contributed by atoms with E-state index in [9.17, 15) is 0 Å². The molecular formula is C12H19N3. The van der Waals surface area contributed by atoms with Gasteiger partial charge in [-0.25, -0.2) is 4.98 Å². The van der Waals surface area contributed by atoms with Crippen LogP contribution >= 0.6 is 0 Å². The molecule has 1 N–H and O–H groups in total. The van der Waals surface area contributed by atoms with Crippen molar-refractivity contribution in [1.29, 1.82) is 0 Å². The topological polar surface area (TPSA) is 41.6 Å². The second-order valence-corrected chi connectivity index (χ2v) is 5.79. The van der Waals surface area contributed by atoms with E-state index in [1.807, 2.05) is 0 Å². The van der Waals surface area contributed by atoms with Crippen molar-refractivity contribution in [3.8, 4) is 0 Å². The zero-order chi connectivity index (χ0) is 10.5. The van der Waals surface area contributed by atoms with Gasteiger partial charge in [-0.05, 0) is 31.1 Å². The van der Waals surface area contributed by atoms with Gasteiger partial charge in [0.15, 0.2) is 5.82 Å². The van der Waals surface area contributed by atoms with E-state index in [4.69, 9.17) is 0 Å². The van der Waals surface area contributed by atoms with E-state index in [1.54, 1.807) is 0 Å². The molecule has 15 heavy (non-hydrogen) atoms. The monoisotopic (exact) mass is 205 g/mol. The standard InChI is InChI=1S/C12H19N3/c1-12(2)7-3-4-9(12)11-13-10(14-15-11)8-5-6-8/h8-9H,3-7H2,1-2H3,(H,13,14,15). The second kappa shape index (κ2) is 3.06. The van der Waals surface area contributed by atoms with Gasteiger partial charge >= 0.3 is 0 Å². The third kappa shape index (κ3) is 1.58. The fraction of sp³-hybridized carbons (Fsp3) is 0.833. The Morgan fingerprint density at radius 2 is 2.07 bits per heavy atom. The Morgan fingerprint density at radius 1 is 1.27 bits per heavy atom. The summed E-state index contributed by atoms with van der Waals surface area (Å²) in [6.07, 6.45) is 6.48. The first-order valence-corrected chi connectivity index (χ1v) is 6.09. The van der Waals surface area contributed by atoms with Gasteiger partial charge < -0.3 is 0 Å². The number of hydrogen-bond acceptors (Lipinski definition) is 2. The van der Waals surface area contributed by atoms with Gasteiger partial charge in [-0.15, -0.1) is 0 Å². The average molecular weight is 205 g/mol. The third-order valence-corrected chi connectivity index (χ3v) is 4.05. The fourth-order valence-corrected chi connectivity index (χ4v) is 2.80. The largest absolute Gasteiger partial charge is 0.263 e. The number of nitrogens with one attached hydrogen (secondary N) is 1. The summed E-state index contributed by atoms with van der Waals surface area (Å²) < 4.78 is 0. The summed E-state index contributed by atoms with van der Waals surface area (Å²) in [5.74, 6) is 3.46. The van der Waals surface area contributed by atoms with Gasteiger partial charge in [-0.2, -0.15) is 5.10 Å². The van der Waals surface area contributed by atoms with Gasteiger partial charge in [0.2, 0.25) is 0 Å². The first-order valence-electron chi connectivity index (χ1n) is 6.09. The summed E-state index contributed by atoms with van der Waals surface area (Å²) in [5.41, 5.74) is 0.403. The Labute approximate surface area is 90.7 Å². The highest BCUT2D eigenvalue weighted by Crippen LogP contribution is 2.48. The summed E-state index contributed by atoms with van der Waals surface area (Å²) >= 11 is 0. The minimum absolute atomic E-state index is 0.403. The molecule has 0 radical (unpaired) electrons. The Hall–Kier alpha value is -0.860. The summed E-state index contributed by atoms with van der Waals surface area (Å²) in [6, 6.07) is 0. The van der Waals surface area contributed by atoms with Crippen LogP contribution in [0.4, 0.5) is 0 Å². The molecule has 0 aromatic carbocycles. The van der Waals surface area contributed by atoms with Crippen molar-refractivity contribution in [2.45, 2.75) is 57.8 Å². The van der Waals surface area contributed by atoms with Crippen LogP contribution < -0.4 is 0 Å². The van der Waals surface area contributed by atoms with Crippen LogP contribution in [0, 0.1) is 5.41 Å². The van der Waals surface area contributed by atoms with Crippen LogP contribution in [-0.4, -0.2) is 15.2 Å². The quantitative estimate of drug-likeness (QED) is 0.806. The minimum Gasteiger partial charge on any atom is -0.263 e. The molecule has 2 aliphatic rings. The van der Waals surface area contributed by atoms with Crippen LogP contribution in [0.5, 0.6) is 0 Å². The smallest absolute Gasteiger partial charge is 0.153 e. The summed E-state index contributed by atoms with van der Waals surface area (Å²) in [4.78, 5) is 4.68. The van der Waals surface area contributed by atoms with E-state index in [1.165, 1.54) is 32.1 Å². The number of aromatic amines is 1. The fourth-order valence-electron chi connectivity index (χ4n) is 2.80. The van der Waals surface area contributed by atoms with Gasteiger partial charge in [0, 0.05) is 11.8 Å². The first kappa shape index (κ1) is 9.37. The lowest BCUT2D eigenvalue weighted by atomic mass is 9.81. The van der Waals surface area contributed by atoms with Crippen LogP contribution in [0.25, 0.3) is 0 Å². The van der Waals surface area contributed by atoms with Crippen LogP contribution in [0.3, 0.4) is 0 Å². The highest BCUT2D eigenvalue weighted by atomic mass is 15.2. The predicted molar refractivity (Wildman–Crippen MR) is 58.7 cm³/mol. The average Bonchev–Trinajstić information content (AvgIpc) is 2.81. The number of H-pyrrole nitrogens is 1. The number of nitrogens with zero attached hydrogens (tertiary/aromatic N) is 2. The molecule has 0 bridgehead atoms. The van der Waals surface area contributed by atoms with E-state index in [-0.39, 0.29) is 0 Å². The van der Waals surface area contributed by atoms with E-state index >= 15 is 0 Å². The molecular weight excluding hydrogens is 186 g/mol. The predicted octanol–water partition coefficient (Wildman–Crippen LogP) is 2.98. The van der Waals surface area contributed by atoms with Gasteiger partial charge in [0.1, 0.15) is 5.82 Å². The maximum atomic E-state index is 4.68. The van der Waals surface area contributed by atoms with E-state index < -0.39 is 0 Å². The van der Waals surface area contributed by atoms with Gasteiger partial charge in [-0.1, -0.05) is 20.3 Å². The second-order valence-electron chi connectivity index (χ2n) is 5.79.